The molecule has 0 aliphatic heterocycles. The maximum Gasteiger partial charge on any atom is 0.0302 e. The van der Waals surface area contributed by atoms with E-state index in [1.54, 1.807) is 0 Å². The van der Waals surface area contributed by atoms with Crippen molar-refractivity contribution in [3.05, 3.63) is 34.0 Å². The highest BCUT2D eigenvalue weighted by Crippen LogP contribution is 2.14. The van der Waals surface area contributed by atoms with Crippen LogP contribution in [0.4, 0.5) is 0 Å². The first-order valence-electron chi connectivity index (χ1n) is 4.09. The summed E-state index contributed by atoms with van der Waals surface area (Å²) in [5, 5.41) is 3.33. The first kappa shape index (κ1) is 9.49. The van der Waals surface area contributed by atoms with Crippen LogP contribution in [0.25, 0.3) is 0 Å². The van der Waals surface area contributed by atoms with Crippen LogP contribution in [-0.4, -0.2) is 6.54 Å². The summed E-state index contributed by atoms with van der Waals surface area (Å²) >= 11 is 1.85. The lowest BCUT2D eigenvalue weighted by Gasteiger charge is -2.00. The molecule has 0 amide bonds. The van der Waals surface area contributed by atoms with Crippen molar-refractivity contribution >= 4 is 11.3 Å². The minimum atomic E-state index is 0.914. The van der Waals surface area contributed by atoms with E-state index >= 15 is 0 Å². The third-order valence-corrected chi connectivity index (χ3v) is 2.52. The lowest BCUT2D eigenvalue weighted by atomic mass is 10.3. The Morgan fingerprint density at radius 2 is 2.33 bits per heavy atom. The molecule has 0 aromatic carbocycles. The fourth-order valence-corrected chi connectivity index (χ4v) is 1.84. The second kappa shape index (κ2) is 4.43. The number of nitrogens with one attached hydrogen (secondary N) is 1. The second-order valence-corrected chi connectivity index (χ2v) is 4.45. The third-order valence-electron chi connectivity index (χ3n) is 1.52. The van der Waals surface area contributed by atoms with Gasteiger partial charge < -0.3 is 5.32 Å². The van der Waals surface area contributed by atoms with Gasteiger partial charge in [0.15, 0.2) is 0 Å². The zero-order chi connectivity index (χ0) is 8.97. The summed E-state index contributed by atoms with van der Waals surface area (Å²) < 4.78 is 0. The molecule has 1 aromatic heterocycles. The number of thiophene rings is 1. The molecule has 1 N–H and O–H groups in total. The number of aryl methyl sites for hydroxylation is 1. The van der Waals surface area contributed by atoms with Gasteiger partial charge in [-0.2, -0.15) is 0 Å². The topological polar surface area (TPSA) is 12.0 Å². The quantitative estimate of drug-likeness (QED) is 0.704. The van der Waals surface area contributed by atoms with Crippen molar-refractivity contribution in [3.8, 4) is 0 Å². The number of rotatable bonds is 4. The molecule has 0 atom stereocenters. The van der Waals surface area contributed by atoms with Crippen LogP contribution in [0, 0.1) is 6.92 Å². The average Bonchev–Trinajstić information content (AvgIpc) is 2.35. The Bertz CT molecular complexity index is 263. The van der Waals surface area contributed by atoms with Crippen molar-refractivity contribution in [1.29, 1.82) is 0 Å². The molecular weight excluding hydrogens is 166 g/mol. The van der Waals surface area contributed by atoms with Crippen LogP contribution in [0.5, 0.6) is 0 Å². The molecule has 0 radical (unpaired) electrons. The molecule has 0 saturated heterocycles. The van der Waals surface area contributed by atoms with E-state index in [2.05, 4.69) is 31.0 Å². The molecule has 0 spiro atoms. The molecule has 1 nitrogen and oxygen atoms in total. The highest BCUT2D eigenvalue weighted by atomic mass is 32.1. The first-order chi connectivity index (χ1) is 5.68. The fraction of sp³-hybridized carbons (Fsp3) is 0.400. The van der Waals surface area contributed by atoms with E-state index in [0.717, 1.165) is 13.1 Å². The number of hydrogen-bond donors (Lipinski definition) is 1. The van der Waals surface area contributed by atoms with Gasteiger partial charge in [0.1, 0.15) is 0 Å². The van der Waals surface area contributed by atoms with Crippen LogP contribution in [-0.2, 0) is 6.54 Å². The molecule has 0 bridgehead atoms. The molecule has 1 rings (SSSR count). The largest absolute Gasteiger partial charge is 0.308 e. The molecule has 12 heavy (non-hydrogen) atoms. The van der Waals surface area contributed by atoms with Gasteiger partial charge in [0.25, 0.3) is 0 Å². The van der Waals surface area contributed by atoms with Crippen molar-refractivity contribution in [2.45, 2.75) is 20.4 Å². The zero-order valence-corrected chi connectivity index (χ0v) is 8.50. The van der Waals surface area contributed by atoms with E-state index in [4.69, 9.17) is 0 Å². The predicted octanol–water partition coefficient (Wildman–Crippen LogP) is 2.72. The van der Waals surface area contributed by atoms with Crippen molar-refractivity contribution in [2.75, 3.05) is 6.54 Å². The Kier molecular flexibility index (Phi) is 3.50. The summed E-state index contributed by atoms with van der Waals surface area (Å²) in [6.45, 7) is 9.88. The van der Waals surface area contributed by atoms with Gasteiger partial charge in [0, 0.05) is 22.8 Å². The fourth-order valence-electron chi connectivity index (χ4n) is 0.979. The van der Waals surface area contributed by atoms with E-state index in [1.807, 2.05) is 18.3 Å². The van der Waals surface area contributed by atoms with E-state index in [0.29, 0.717) is 0 Å². The average molecular weight is 181 g/mol. The van der Waals surface area contributed by atoms with Gasteiger partial charge in [-0.3, -0.25) is 0 Å². The van der Waals surface area contributed by atoms with E-state index < -0.39 is 0 Å². The lowest BCUT2D eigenvalue weighted by Crippen LogP contribution is -2.14. The van der Waals surface area contributed by atoms with Crippen LogP contribution in [0.1, 0.15) is 16.7 Å². The highest BCUT2D eigenvalue weighted by Gasteiger charge is 1.94. The monoisotopic (exact) mass is 181 g/mol. The molecular formula is C10H15NS. The molecule has 0 aliphatic carbocycles. The predicted molar refractivity (Wildman–Crippen MR) is 55.6 cm³/mol. The van der Waals surface area contributed by atoms with E-state index in [1.165, 1.54) is 15.3 Å². The Balaban J connectivity index is 2.29. The van der Waals surface area contributed by atoms with Crippen LogP contribution < -0.4 is 5.32 Å². The van der Waals surface area contributed by atoms with Crippen molar-refractivity contribution < 1.29 is 0 Å². The standard InChI is InChI=1S/C10H15NS/c1-8(2)6-11-7-10-5-4-9(3)12-10/h4-5,11H,1,6-7H2,2-3H3. The van der Waals surface area contributed by atoms with Gasteiger partial charge in [-0.15, -0.1) is 11.3 Å². The van der Waals surface area contributed by atoms with Gasteiger partial charge >= 0.3 is 0 Å². The van der Waals surface area contributed by atoms with Crippen LogP contribution in [0.3, 0.4) is 0 Å². The van der Waals surface area contributed by atoms with Gasteiger partial charge in [-0.05, 0) is 26.0 Å². The minimum absolute atomic E-state index is 0.914. The van der Waals surface area contributed by atoms with Crippen LogP contribution in [0.15, 0.2) is 24.3 Å². The third kappa shape index (κ3) is 3.20. The maximum atomic E-state index is 3.83. The molecule has 0 unspecified atom stereocenters. The summed E-state index contributed by atoms with van der Waals surface area (Å²) in [6, 6.07) is 4.33. The number of hydrogen-bond acceptors (Lipinski definition) is 2. The SMILES string of the molecule is C=C(C)CNCc1ccc(C)s1. The lowest BCUT2D eigenvalue weighted by molar-refractivity contribution is 0.750. The Hall–Kier alpha value is -0.600. The molecule has 0 aliphatic rings. The smallest absolute Gasteiger partial charge is 0.0302 e. The second-order valence-electron chi connectivity index (χ2n) is 3.07. The summed E-state index contributed by atoms with van der Waals surface area (Å²) in [7, 11) is 0. The van der Waals surface area contributed by atoms with Gasteiger partial charge in [-0.1, -0.05) is 12.2 Å². The van der Waals surface area contributed by atoms with E-state index in [-0.39, 0.29) is 0 Å². The van der Waals surface area contributed by atoms with Gasteiger partial charge in [-0.25, -0.2) is 0 Å². The summed E-state index contributed by atoms with van der Waals surface area (Å²) in [5.74, 6) is 0. The minimum Gasteiger partial charge on any atom is -0.308 e. The summed E-state index contributed by atoms with van der Waals surface area (Å²) in [4.78, 5) is 2.77. The van der Waals surface area contributed by atoms with Crippen molar-refractivity contribution in [1.82, 2.24) is 5.32 Å². The normalized spacial score (nSPS) is 10.2. The summed E-state index contributed by atoms with van der Waals surface area (Å²) in [5.41, 5.74) is 1.18. The molecule has 1 heterocycles. The maximum absolute atomic E-state index is 3.83. The summed E-state index contributed by atoms with van der Waals surface area (Å²) in [6.07, 6.45) is 0. The Morgan fingerprint density at radius 3 is 2.83 bits per heavy atom. The van der Waals surface area contributed by atoms with Crippen molar-refractivity contribution in [2.24, 2.45) is 0 Å². The zero-order valence-electron chi connectivity index (χ0n) is 7.68. The first-order valence-corrected chi connectivity index (χ1v) is 4.90. The molecule has 66 valence electrons. The Labute approximate surface area is 78.1 Å². The van der Waals surface area contributed by atoms with Gasteiger partial charge in [0.05, 0.1) is 0 Å². The molecule has 2 heteroatoms. The van der Waals surface area contributed by atoms with E-state index in [9.17, 15) is 0 Å². The van der Waals surface area contributed by atoms with Crippen molar-refractivity contribution in [3.63, 3.8) is 0 Å². The Morgan fingerprint density at radius 1 is 1.58 bits per heavy atom. The van der Waals surface area contributed by atoms with Crippen LogP contribution in [0.2, 0.25) is 0 Å². The highest BCUT2D eigenvalue weighted by molar-refractivity contribution is 7.11. The molecule has 0 fully saturated rings. The van der Waals surface area contributed by atoms with Crippen LogP contribution >= 0.6 is 11.3 Å². The molecule has 0 saturated carbocycles. The van der Waals surface area contributed by atoms with Gasteiger partial charge in [0.2, 0.25) is 0 Å². The molecule has 1 aromatic rings.